The number of ether oxygens (including phenoxy) is 3. The number of hydrogen-bond donors (Lipinski definition) is 1. The Morgan fingerprint density at radius 1 is 1.00 bits per heavy atom. The molecule has 1 N–H and O–H groups in total. The summed E-state index contributed by atoms with van der Waals surface area (Å²) in [6.45, 7) is 8.58. The number of halogens is 1. The van der Waals surface area contributed by atoms with E-state index >= 15 is 0 Å². The lowest BCUT2D eigenvalue weighted by atomic mass is 10.1. The number of hydrogen-bond acceptors (Lipinski definition) is 4. The Labute approximate surface area is 159 Å². The molecule has 0 fully saturated rings. The first-order valence-corrected chi connectivity index (χ1v) is 9.13. The zero-order chi connectivity index (χ0) is 19.8. The van der Waals surface area contributed by atoms with Gasteiger partial charge < -0.3 is 19.5 Å². The van der Waals surface area contributed by atoms with E-state index in [2.05, 4.69) is 5.32 Å². The van der Waals surface area contributed by atoms with Crippen LogP contribution in [-0.2, 0) is 0 Å². The highest BCUT2D eigenvalue weighted by Crippen LogP contribution is 2.39. The Morgan fingerprint density at radius 3 is 2.07 bits per heavy atom. The zero-order valence-electron chi connectivity index (χ0n) is 16.2. The van der Waals surface area contributed by atoms with Crippen molar-refractivity contribution in [2.24, 2.45) is 0 Å². The van der Waals surface area contributed by atoms with Crippen LogP contribution in [0.25, 0.3) is 0 Å². The van der Waals surface area contributed by atoms with E-state index in [-0.39, 0.29) is 11.7 Å². The number of nitrogens with one attached hydrogen (secondary N) is 1. The van der Waals surface area contributed by atoms with Crippen LogP contribution in [0.4, 0.5) is 4.39 Å². The Morgan fingerprint density at radius 2 is 1.56 bits per heavy atom. The molecule has 2 aromatic rings. The molecule has 0 aromatic heterocycles. The third-order valence-corrected chi connectivity index (χ3v) is 3.89. The van der Waals surface area contributed by atoms with Gasteiger partial charge in [-0.2, -0.15) is 0 Å². The van der Waals surface area contributed by atoms with Gasteiger partial charge in [0.15, 0.2) is 11.5 Å². The highest BCUT2D eigenvalue weighted by Gasteiger charge is 2.20. The highest BCUT2D eigenvalue weighted by molar-refractivity contribution is 5.95. The molecular weight excluding hydrogens is 349 g/mol. The molecule has 0 saturated heterocycles. The van der Waals surface area contributed by atoms with Crippen molar-refractivity contribution in [3.05, 3.63) is 53.3 Å². The predicted octanol–water partition coefficient (Wildman–Crippen LogP) is 4.51. The number of rotatable bonds is 9. The van der Waals surface area contributed by atoms with Crippen LogP contribution in [0, 0.1) is 5.82 Å². The summed E-state index contributed by atoms with van der Waals surface area (Å²) in [6.07, 6.45) is 0. The maximum atomic E-state index is 14.0. The molecule has 2 aromatic carbocycles. The fraction of sp³-hybridized carbons (Fsp3) is 0.381. The summed E-state index contributed by atoms with van der Waals surface area (Å²) in [5, 5.41) is 2.81. The Bertz CT molecular complexity index is 752. The molecule has 0 spiro atoms. The van der Waals surface area contributed by atoms with Gasteiger partial charge in [0, 0.05) is 11.1 Å². The van der Waals surface area contributed by atoms with Crippen molar-refractivity contribution in [3.63, 3.8) is 0 Å². The average molecular weight is 375 g/mol. The summed E-state index contributed by atoms with van der Waals surface area (Å²) in [4.78, 5) is 12.7. The van der Waals surface area contributed by atoms with Crippen molar-refractivity contribution in [2.45, 2.75) is 33.7 Å². The summed E-state index contributed by atoms with van der Waals surface area (Å²) in [5.74, 6) is 0.639. The van der Waals surface area contributed by atoms with Gasteiger partial charge in [-0.3, -0.25) is 4.79 Å². The third-order valence-electron chi connectivity index (χ3n) is 3.89. The number of carbonyl (C=O) groups excluding carboxylic acids is 1. The van der Waals surface area contributed by atoms with Gasteiger partial charge in [0.05, 0.1) is 25.9 Å². The minimum Gasteiger partial charge on any atom is -0.490 e. The molecule has 0 heterocycles. The molecule has 1 unspecified atom stereocenters. The number of amides is 1. The van der Waals surface area contributed by atoms with E-state index in [1.807, 2.05) is 20.8 Å². The van der Waals surface area contributed by atoms with Crippen LogP contribution in [0.2, 0.25) is 0 Å². The summed E-state index contributed by atoms with van der Waals surface area (Å²) >= 11 is 0. The van der Waals surface area contributed by atoms with Gasteiger partial charge in [0.2, 0.25) is 5.75 Å². The van der Waals surface area contributed by atoms with Gasteiger partial charge in [0.1, 0.15) is 5.82 Å². The summed E-state index contributed by atoms with van der Waals surface area (Å²) in [7, 11) is 0. The van der Waals surface area contributed by atoms with E-state index in [0.717, 1.165) is 0 Å². The maximum Gasteiger partial charge on any atom is 0.252 e. The molecule has 27 heavy (non-hydrogen) atoms. The first-order chi connectivity index (χ1) is 13.0. The molecule has 146 valence electrons. The van der Waals surface area contributed by atoms with E-state index in [4.69, 9.17) is 14.2 Å². The molecule has 0 aliphatic carbocycles. The van der Waals surface area contributed by atoms with Crippen LogP contribution < -0.4 is 19.5 Å². The molecule has 6 heteroatoms. The number of carbonyl (C=O) groups is 1. The summed E-state index contributed by atoms with van der Waals surface area (Å²) in [6, 6.07) is 9.10. The van der Waals surface area contributed by atoms with Gasteiger partial charge in [0.25, 0.3) is 5.91 Å². The largest absolute Gasteiger partial charge is 0.490 e. The standard InChI is InChI=1S/C21H26FNO4/c1-5-25-18-12-15(13-19(26-6-2)20(18)27-7-3)21(24)23-14(4)16-10-8-9-11-17(16)22/h8-14H,5-7H2,1-4H3,(H,23,24). The van der Waals surface area contributed by atoms with Gasteiger partial charge in [-0.25, -0.2) is 4.39 Å². The molecule has 0 bridgehead atoms. The lowest BCUT2D eigenvalue weighted by Crippen LogP contribution is -2.27. The van der Waals surface area contributed by atoms with Crippen molar-refractivity contribution >= 4 is 5.91 Å². The Hall–Kier alpha value is -2.76. The second-order valence-electron chi connectivity index (χ2n) is 5.82. The zero-order valence-corrected chi connectivity index (χ0v) is 16.2. The average Bonchev–Trinajstić information content (AvgIpc) is 2.64. The van der Waals surface area contributed by atoms with Crippen molar-refractivity contribution in [3.8, 4) is 17.2 Å². The molecule has 5 nitrogen and oxygen atoms in total. The molecule has 0 aliphatic heterocycles. The molecule has 0 radical (unpaired) electrons. The monoisotopic (exact) mass is 375 g/mol. The summed E-state index contributed by atoms with van der Waals surface area (Å²) in [5.41, 5.74) is 0.778. The van der Waals surface area contributed by atoms with E-state index in [9.17, 15) is 9.18 Å². The van der Waals surface area contributed by atoms with Crippen LogP contribution in [0.15, 0.2) is 36.4 Å². The van der Waals surface area contributed by atoms with Crippen LogP contribution in [-0.4, -0.2) is 25.7 Å². The van der Waals surface area contributed by atoms with Gasteiger partial charge in [-0.15, -0.1) is 0 Å². The first-order valence-electron chi connectivity index (χ1n) is 9.13. The number of benzene rings is 2. The van der Waals surface area contributed by atoms with Crippen molar-refractivity contribution in [1.82, 2.24) is 5.32 Å². The highest BCUT2D eigenvalue weighted by atomic mass is 19.1. The van der Waals surface area contributed by atoms with Crippen LogP contribution in [0.5, 0.6) is 17.2 Å². The van der Waals surface area contributed by atoms with E-state index in [0.29, 0.717) is 48.2 Å². The fourth-order valence-corrected chi connectivity index (χ4v) is 2.70. The molecular formula is C21H26FNO4. The Kier molecular flexibility index (Phi) is 7.46. The van der Waals surface area contributed by atoms with E-state index in [1.54, 1.807) is 37.3 Å². The minimum atomic E-state index is -0.489. The maximum absolute atomic E-state index is 14.0. The van der Waals surface area contributed by atoms with Crippen LogP contribution in [0.3, 0.4) is 0 Å². The van der Waals surface area contributed by atoms with Gasteiger partial charge in [-0.1, -0.05) is 18.2 Å². The molecule has 0 saturated carbocycles. The SMILES string of the molecule is CCOc1cc(C(=O)NC(C)c2ccccc2F)cc(OCC)c1OCC. The molecule has 1 amide bonds. The van der Waals surface area contributed by atoms with Crippen LogP contribution in [0.1, 0.15) is 49.7 Å². The molecule has 2 rings (SSSR count). The van der Waals surface area contributed by atoms with E-state index < -0.39 is 6.04 Å². The lowest BCUT2D eigenvalue weighted by Gasteiger charge is -2.19. The normalized spacial score (nSPS) is 11.6. The minimum absolute atomic E-state index is 0.351. The quantitative estimate of drug-likeness (QED) is 0.700. The van der Waals surface area contributed by atoms with Crippen molar-refractivity contribution in [2.75, 3.05) is 19.8 Å². The predicted molar refractivity (Wildman–Crippen MR) is 102 cm³/mol. The molecule has 0 aliphatic rings. The third kappa shape index (κ3) is 5.12. The first kappa shape index (κ1) is 20.6. The Balaban J connectivity index is 2.32. The lowest BCUT2D eigenvalue weighted by molar-refractivity contribution is 0.0938. The van der Waals surface area contributed by atoms with E-state index in [1.165, 1.54) is 6.07 Å². The van der Waals surface area contributed by atoms with Crippen LogP contribution >= 0.6 is 0 Å². The van der Waals surface area contributed by atoms with Gasteiger partial charge in [-0.05, 0) is 45.9 Å². The van der Waals surface area contributed by atoms with Crippen molar-refractivity contribution in [1.29, 1.82) is 0 Å². The smallest absolute Gasteiger partial charge is 0.252 e. The second kappa shape index (κ2) is 9.80. The topological polar surface area (TPSA) is 56.8 Å². The molecule has 1 atom stereocenters. The fourth-order valence-electron chi connectivity index (χ4n) is 2.70. The van der Waals surface area contributed by atoms with Gasteiger partial charge >= 0.3 is 0 Å². The summed E-state index contributed by atoms with van der Waals surface area (Å²) < 4.78 is 30.9. The van der Waals surface area contributed by atoms with Crippen molar-refractivity contribution < 1.29 is 23.4 Å². The second-order valence-corrected chi connectivity index (χ2v) is 5.82.